The standard InChI is InChI=1S/C65H110O12/c1-4-7-10-13-16-19-22-24-26-28-29-31-33-35-38-41-44-47-50-53-59(68)76-63-61(70)60(69)62(64(71)72)77-65(63)74-55-56(75-58(67)52-49-46-43-40-36-21-18-15-12-9-6-3)54-73-57(66)51-48-45-42-39-37-34-32-30-27-25-23-20-17-14-11-8-5-2/h7,10,16,19,24,26,29,31,35,38,44,47,56,60-63,65,69-70H,4-6,8-9,11-15,17-18,20-23,25,27-28,30,32-34,36-37,39-43,45-46,48-55H2,1-3H3,(H,71,72)/b10-7-,19-16-,26-24-,31-29-,38-35-,47-44-. The molecular formula is C65H110O12. The number of rotatable bonds is 52. The summed E-state index contributed by atoms with van der Waals surface area (Å²) >= 11 is 0. The summed E-state index contributed by atoms with van der Waals surface area (Å²) in [4.78, 5) is 51.1. The molecule has 77 heavy (non-hydrogen) atoms. The molecule has 12 heteroatoms. The first-order valence-corrected chi connectivity index (χ1v) is 30.9. The number of esters is 3. The van der Waals surface area contributed by atoms with Crippen LogP contribution in [0.1, 0.15) is 265 Å². The Morgan fingerprint density at radius 1 is 0.442 bits per heavy atom. The molecule has 0 aliphatic carbocycles. The van der Waals surface area contributed by atoms with Crippen molar-refractivity contribution >= 4 is 23.9 Å². The van der Waals surface area contributed by atoms with Gasteiger partial charge in [0.2, 0.25) is 0 Å². The Balaban J connectivity index is 2.68. The number of hydrogen-bond acceptors (Lipinski definition) is 11. The lowest BCUT2D eigenvalue weighted by Crippen LogP contribution is -2.61. The molecule has 0 saturated carbocycles. The zero-order valence-corrected chi connectivity index (χ0v) is 48.7. The molecule has 6 atom stereocenters. The van der Waals surface area contributed by atoms with Crippen molar-refractivity contribution in [3.63, 3.8) is 0 Å². The predicted molar refractivity (Wildman–Crippen MR) is 312 cm³/mol. The van der Waals surface area contributed by atoms with Crippen molar-refractivity contribution in [2.45, 2.75) is 302 Å². The van der Waals surface area contributed by atoms with Crippen molar-refractivity contribution < 1.29 is 58.2 Å². The fourth-order valence-electron chi connectivity index (χ4n) is 9.10. The Labute approximate surface area is 468 Å². The highest BCUT2D eigenvalue weighted by Crippen LogP contribution is 2.26. The maximum Gasteiger partial charge on any atom is 0.335 e. The molecule has 1 saturated heterocycles. The third-order valence-electron chi connectivity index (χ3n) is 13.8. The van der Waals surface area contributed by atoms with Gasteiger partial charge in [0.15, 0.2) is 24.6 Å². The number of carbonyl (C=O) groups excluding carboxylic acids is 3. The fourth-order valence-corrected chi connectivity index (χ4v) is 9.10. The molecule has 6 unspecified atom stereocenters. The maximum absolute atomic E-state index is 13.1. The number of hydrogen-bond donors (Lipinski definition) is 3. The molecule has 12 nitrogen and oxygen atoms in total. The van der Waals surface area contributed by atoms with Crippen molar-refractivity contribution in [1.82, 2.24) is 0 Å². The van der Waals surface area contributed by atoms with E-state index >= 15 is 0 Å². The summed E-state index contributed by atoms with van der Waals surface area (Å²) in [5, 5.41) is 31.5. The summed E-state index contributed by atoms with van der Waals surface area (Å²) in [5.74, 6) is -3.21. The molecule has 1 fully saturated rings. The van der Waals surface area contributed by atoms with Gasteiger partial charge in [0.1, 0.15) is 18.8 Å². The van der Waals surface area contributed by atoms with Crippen LogP contribution in [0.4, 0.5) is 0 Å². The number of carboxylic acids is 1. The van der Waals surface area contributed by atoms with Gasteiger partial charge < -0.3 is 39.0 Å². The van der Waals surface area contributed by atoms with E-state index in [0.29, 0.717) is 25.7 Å². The topological polar surface area (TPSA) is 175 Å². The first kappa shape index (κ1) is 71.2. The summed E-state index contributed by atoms with van der Waals surface area (Å²) in [6.45, 7) is 5.86. The molecule has 0 bridgehead atoms. The highest BCUT2D eigenvalue weighted by Gasteiger charge is 2.50. The second-order valence-electron chi connectivity index (χ2n) is 21.0. The number of aliphatic carboxylic acids is 1. The Hall–Kier alpha value is -3.84. The van der Waals surface area contributed by atoms with E-state index in [1.165, 1.54) is 128 Å². The van der Waals surface area contributed by atoms with E-state index in [0.717, 1.165) is 70.6 Å². The monoisotopic (exact) mass is 1080 g/mol. The van der Waals surface area contributed by atoms with Gasteiger partial charge in [0, 0.05) is 19.3 Å². The molecule has 0 aromatic rings. The Bertz CT molecular complexity index is 1620. The van der Waals surface area contributed by atoms with Gasteiger partial charge in [-0.2, -0.15) is 0 Å². The van der Waals surface area contributed by atoms with E-state index in [1.54, 1.807) is 0 Å². The van der Waals surface area contributed by atoms with Crippen LogP contribution in [0.5, 0.6) is 0 Å². The molecule has 442 valence electrons. The van der Waals surface area contributed by atoms with Gasteiger partial charge in [-0.05, 0) is 57.8 Å². The largest absolute Gasteiger partial charge is 0.479 e. The van der Waals surface area contributed by atoms with Crippen molar-refractivity contribution in [1.29, 1.82) is 0 Å². The number of unbranched alkanes of at least 4 members (excludes halogenated alkanes) is 26. The van der Waals surface area contributed by atoms with E-state index in [4.69, 9.17) is 23.7 Å². The molecule has 0 aromatic carbocycles. The Morgan fingerprint density at radius 2 is 0.818 bits per heavy atom. The van der Waals surface area contributed by atoms with Crippen molar-refractivity contribution in [2.24, 2.45) is 0 Å². The van der Waals surface area contributed by atoms with Crippen LogP contribution in [0.2, 0.25) is 0 Å². The molecule has 1 heterocycles. The second-order valence-corrected chi connectivity index (χ2v) is 21.0. The van der Waals surface area contributed by atoms with Crippen molar-refractivity contribution in [3.05, 3.63) is 72.9 Å². The van der Waals surface area contributed by atoms with Crippen molar-refractivity contribution in [2.75, 3.05) is 13.2 Å². The normalized spacial score (nSPS) is 18.5. The molecule has 1 aliphatic rings. The van der Waals surface area contributed by atoms with Gasteiger partial charge in [-0.3, -0.25) is 14.4 Å². The number of carboxylic acid groups (broad SMARTS) is 1. The third-order valence-corrected chi connectivity index (χ3v) is 13.8. The summed E-state index contributed by atoms with van der Waals surface area (Å²) in [6, 6.07) is 0. The lowest BCUT2D eigenvalue weighted by atomic mass is 9.98. The van der Waals surface area contributed by atoms with Gasteiger partial charge in [-0.1, -0.05) is 261 Å². The summed E-state index contributed by atoms with van der Waals surface area (Å²) < 4.78 is 28.4. The highest BCUT2D eigenvalue weighted by atomic mass is 16.7. The molecule has 0 spiro atoms. The smallest absolute Gasteiger partial charge is 0.335 e. The number of aliphatic hydroxyl groups excluding tert-OH is 2. The van der Waals surface area contributed by atoms with Gasteiger partial charge in [0.25, 0.3) is 0 Å². The maximum atomic E-state index is 13.1. The average Bonchev–Trinajstić information content (AvgIpc) is 3.42. The van der Waals surface area contributed by atoms with E-state index in [-0.39, 0.29) is 25.9 Å². The number of aliphatic hydroxyl groups is 2. The fraction of sp³-hybridized carbons (Fsp3) is 0.754. The summed E-state index contributed by atoms with van der Waals surface area (Å²) in [6.07, 6.45) is 54.6. The first-order chi connectivity index (χ1) is 37.6. The zero-order chi connectivity index (χ0) is 56.1. The Kier molecular flexibility index (Phi) is 48.8. The quantitative estimate of drug-likeness (QED) is 0.0228. The van der Waals surface area contributed by atoms with Crippen LogP contribution in [0.3, 0.4) is 0 Å². The first-order valence-electron chi connectivity index (χ1n) is 30.9. The van der Waals surface area contributed by atoms with Crippen LogP contribution in [0.25, 0.3) is 0 Å². The van der Waals surface area contributed by atoms with Gasteiger partial charge in [-0.15, -0.1) is 0 Å². The number of ether oxygens (including phenoxy) is 5. The molecule has 0 amide bonds. The van der Waals surface area contributed by atoms with Crippen LogP contribution in [-0.2, 0) is 42.9 Å². The molecule has 1 rings (SSSR count). The number of carbonyl (C=O) groups is 4. The van der Waals surface area contributed by atoms with Gasteiger partial charge in [-0.25, -0.2) is 4.79 Å². The summed E-state index contributed by atoms with van der Waals surface area (Å²) in [7, 11) is 0. The van der Waals surface area contributed by atoms with Crippen LogP contribution < -0.4 is 0 Å². The minimum atomic E-state index is -1.93. The van der Waals surface area contributed by atoms with Crippen molar-refractivity contribution in [3.8, 4) is 0 Å². The molecular weight excluding hydrogens is 973 g/mol. The minimum Gasteiger partial charge on any atom is -0.479 e. The second kappa shape index (κ2) is 52.8. The van der Waals surface area contributed by atoms with Crippen LogP contribution in [0, 0.1) is 0 Å². The van der Waals surface area contributed by atoms with E-state index in [1.807, 2.05) is 18.2 Å². The average molecular weight is 1080 g/mol. The van der Waals surface area contributed by atoms with Gasteiger partial charge in [0.05, 0.1) is 6.61 Å². The zero-order valence-electron chi connectivity index (χ0n) is 48.7. The SMILES string of the molecule is CC/C=C\C/C=C\C/C=C\C/C=C\C/C=C\C/C=C\CCC(=O)OC1C(OCC(COC(=O)CCCCCCCCCCCCCCCCCCC)OC(=O)CCCCCCCCCCCCC)OC(C(=O)O)C(O)C1O. The lowest BCUT2D eigenvalue weighted by molar-refractivity contribution is -0.301. The van der Waals surface area contributed by atoms with Crippen LogP contribution in [-0.4, -0.2) is 89.2 Å². The highest BCUT2D eigenvalue weighted by molar-refractivity contribution is 5.74. The molecule has 0 aromatic heterocycles. The van der Waals surface area contributed by atoms with E-state index < -0.39 is 67.3 Å². The molecule has 3 N–H and O–H groups in total. The Morgan fingerprint density at radius 3 is 1.22 bits per heavy atom. The summed E-state index contributed by atoms with van der Waals surface area (Å²) in [5.41, 5.74) is 0. The minimum absolute atomic E-state index is 0.0642. The third kappa shape index (κ3) is 42.7. The molecule has 1 aliphatic heterocycles. The lowest BCUT2D eigenvalue weighted by Gasteiger charge is -2.40. The van der Waals surface area contributed by atoms with E-state index in [9.17, 15) is 34.5 Å². The van der Waals surface area contributed by atoms with Gasteiger partial charge >= 0.3 is 23.9 Å². The predicted octanol–water partition coefficient (Wildman–Crippen LogP) is 16.1. The molecule has 0 radical (unpaired) electrons. The van der Waals surface area contributed by atoms with Crippen LogP contribution >= 0.6 is 0 Å². The van der Waals surface area contributed by atoms with Crippen LogP contribution in [0.15, 0.2) is 72.9 Å². The van der Waals surface area contributed by atoms with E-state index in [2.05, 4.69) is 75.5 Å². The number of allylic oxidation sites excluding steroid dienone is 12.